The van der Waals surface area contributed by atoms with Gasteiger partial charge in [0.1, 0.15) is 6.04 Å². The Morgan fingerprint density at radius 2 is 1.87 bits per heavy atom. The number of thiocarbonyl (C=S) groups is 1. The molecule has 1 unspecified atom stereocenters. The molecule has 2 amide bonds. The van der Waals surface area contributed by atoms with Crippen molar-refractivity contribution in [3.8, 4) is 0 Å². The molecular weight excluding hydrogens is 396 g/mol. The number of hydrogen-bond donors (Lipinski definition) is 2. The maximum atomic E-state index is 13.3. The molecule has 2 N–H and O–H groups in total. The van der Waals surface area contributed by atoms with E-state index in [4.69, 9.17) is 12.2 Å². The van der Waals surface area contributed by atoms with E-state index in [0.717, 1.165) is 24.1 Å². The Hall–Kier alpha value is -2.93. The summed E-state index contributed by atoms with van der Waals surface area (Å²) in [5.74, 6) is -0.0509. The Labute approximate surface area is 182 Å². The van der Waals surface area contributed by atoms with E-state index < -0.39 is 0 Å². The van der Waals surface area contributed by atoms with Gasteiger partial charge in [-0.2, -0.15) is 0 Å². The third-order valence-corrected chi connectivity index (χ3v) is 5.68. The first-order chi connectivity index (χ1) is 14.4. The molecule has 0 bridgehead atoms. The highest BCUT2D eigenvalue weighted by atomic mass is 32.1. The second-order valence-corrected chi connectivity index (χ2v) is 8.46. The third kappa shape index (κ3) is 4.03. The molecular formula is C23H26N4O2S. The molecule has 2 heterocycles. The van der Waals surface area contributed by atoms with Gasteiger partial charge in [0.2, 0.25) is 5.91 Å². The first-order valence-electron chi connectivity index (χ1n) is 10.3. The lowest BCUT2D eigenvalue weighted by Crippen LogP contribution is -2.44. The summed E-state index contributed by atoms with van der Waals surface area (Å²) in [5.41, 5.74) is 3.16. The first kappa shape index (κ1) is 20.3. The van der Waals surface area contributed by atoms with Crippen LogP contribution in [-0.4, -0.2) is 40.5 Å². The minimum atomic E-state index is -0.370. The van der Waals surface area contributed by atoms with Crippen molar-refractivity contribution in [2.45, 2.75) is 45.3 Å². The highest BCUT2D eigenvalue weighted by Crippen LogP contribution is 2.33. The summed E-state index contributed by atoms with van der Waals surface area (Å²) in [6.45, 7) is 5.12. The average Bonchev–Trinajstić information content (AvgIpc) is 3.19. The highest BCUT2D eigenvalue weighted by molar-refractivity contribution is 7.80. The van der Waals surface area contributed by atoms with Crippen molar-refractivity contribution in [1.29, 1.82) is 0 Å². The van der Waals surface area contributed by atoms with Gasteiger partial charge in [0.25, 0.3) is 5.91 Å². The number of carbonyl (C=O) groups is 2. The summed E-state index contributed by atoms with van der Waals surface area (Å²) in [6.07, 6.45) is 1.58. The molecule has 0 aliphatic carbocycles. The Morgan fingerprint density at radius 3 is 2.60 bits per heavy atom. The molecule has 0 spiro atoms. The molecule has 156 valence electrons. The number of amides is 2. The topological polar surface area (TPSA) is 64.7 Å². The Kier molecular flexibility index (Phi) is 5.72. The van der Waals surface area contributed by atoms with Crippen LogP contribution in [0.5, 0.6) is 0 Å². The minimum absolute atomic E-state index is 0.00434. The number of fused-ring (bicyclic) bond motifs is 2. The molecule has 0 aromatic heterocycles. The van der Waals surface area contributed by atoms with E-state index in [9.17, 15) is 9.59 Å². The van der Waals surface area contributed by atoms with Crippen LogP contribution < -0.4 is 15.5 Å². The van der Waals surface area contributed by atoms with Gasteiger partial charge in [-0.15, -0.1) is 0 Å². The van der Waals surface area contributed by atoms with Crippen molar-refractivity contribution in [3.05, 3.63) is 59.7 Å². The zero-order valence-corrected chi connectivity index (χ0v) is 18.0. The van der Waals surface area contributed by atoms with Gasteiger partial charge in [-0.1, -0.05) is 24.3 Å². The monoisotopic (exact) mass is 422 g/mol. The molecule has 4 rings (SSSR count). The SMILES string of the molecule is CC(C)NC(=S)Nc1ccc(CN2C(=O)C3CCCN3C(=O)c3ccccc32)cc1. The summed E-state index contributed by atoms with van der Waals surface area (Å²) < 4.78 is 0. The summed E-state index contributed by atoms with van der Waals surface area (Å²) in [4.78, 5) is 29.8. The highest BCUT2D eigenvalue weighted by Gasteiger charge is 2.41. The fourth-order valence-electron chi connectivity index (χ4n) is 4.08. The summed E-state index contributed by atoms with van der Waals surface area (Å²) >= 11 is 5.29. The average molecular weight is 423 g/mol. The minimum Gasteiger partial charge on any atom is -0.360 e. The Balaban J connectivity index is 1.57. The largest absolute Gasteiger partial charge is 0.360 e. The van der Waals surface area contributed by atoms with Gasteiger partial charge in [0, 0.05) is 18.3 Å². The van der Waals surface area contributed by atoms with Crippen LogP contribution in [0.2, 0.25) is 0 Å². The lowest BCUT2D eigenvalue weighted by atomic mass is 10.1. The van der Waals surface area contributed by atoms with Crippen LogP contribution in [0.1, 0.15) is 42.6 Å². The van der Waals surface area contributed by atoms with E-state index in [1.54, 1.807) is 9.80 Å². The molecule has 1 fully saturated rings. The van der Waals surface area contributed by atoms with Gasteiger partial charge >= 0.3 is 0 Å². The molecule has 30 heavy (non-hydrogen) atoms. The predicted molar refractivity (Wildman–Crippen MR) is 123 cm³/mol. The van der Waals surface area contributed by atoms with Gasteiger partial charge in [-0.25, -0.2) is 0 Å². The normalized spacial score (nSPS) is 18.2. The zero-order chi connectivity index (χ0) is 21.3. The van der Waals surface area contributed by atoms with Gasteiger partial charge in [-0.05, 0) is 68.7 Å². The van der Waals surface area contributed by atoms with Crippen LogP contribution in [-0.2, 0) is 11.3 Å². The van der Waals surface area contributed by atoms with Crippen molar-refractivity contribution < 1.29 is 9.59 Å². The van der Waals surface area contributed by atoms with Crippen molar-refractivity contribution in [3.63, 3.8) is 0 Å². The van der Waals surface area contributed by atoms with E-state index in [1.807, 2.05) is 62.4 Å². The number of rotatable bonds is 4. The smallest absolute Gasteiger partial charge is 0.256 e. The van der Waals surface area contributed by atoms with Crippen LogP contribution in [0.4, 0.5) is 11.4 Å². The van der Waals surface area contributed by atoms with Crippen LogP contribution >= 0.6 is 12.2 Å². The molecule has 0 saturated carbocycles. The van der Waals surface area contributed by atoms with Crippen LogP contribution in [0.25, 0.3) is 0 Å². The van der Waals surface area contributed by atoms with Gasteiger partial charge in [0.05, 0.1) is 17.8 Å². The zero-order valence-electron chi connectivity index (χ0n) is 17.2. The molecule has 1 atom stereocenters. The standard InChI is InChI=1S/C23H26N4O2S/c1-15(2)24-23(30)25-17-11-9-16(10-12-17)14-27-19-7-4-3-6-18(19)21(28)26-13-5-8-20(26)22(27)29/h3-4,6-7,9-12,15,20H,5,8,13-14H2,1-2H3,(H2,24,25,30). The number of anilines is 2. The molecule has 1 saturated heterocycles. The van der Waals surface area contributed by atoms with E-state index in [0.29, 0.717) is 29.5 Å². The van der Waals surface area contributed by atoms with E-state index in [-0.39, 0.29) is 23.9 Å². The fourth-order valence-corrected chi connectivity index (χ4v) is 4.43. The number of hydrogen-bond acceptors (Lipinski definition) is 3. The number of carbonyl (C=O) groups excluding carboxylic acids is 2. The molecule has 7 heteroatoms. The summed E-state index contributed by atoms with van der Waals surface area (Å²) in [6, 6.07) is 15.2. The summed E-state index contributed by atoms with van der Waals surface area (Å²) in [7, 11) is 0. The molecule has 6 nitrogen and oxygen atoms in total. The molecule has 2 aromatic rings. The predicted octanol–water partition coefficient (Wildman–Crippen LogP) is 3.53. The number of para-hydroxylation sites is 1. The van der Waals surface area contributed by atoms with Gasteiger partial charge in [0.15, 0.2) is 5.11 Å². The summed E-state index contributed by atoms with van der Waals surface area (Å²) in [5, 5.41) is 6.89. The maximum Gasteiger partial charge on any atom is 0.256 e. The Bertz CT molecular complexity index is 973. The number of benzene rings is 2. The number of nitrogens with one attached hydrogen (secondary N) is 2. The van der Waals surface area contributed by atoms with Crippen molar-refractivity contribution in [2.75, 3.05) is 16.8 Å². The van der Waals surface area contributed by atoms with Crippen LogP contribution in [0, 0.1) is 0 Å². The van der Waals surface area contributed by atoms with E-state index in [1.165, 1.54) is 0 Å². The van der Waals surface area contributed by atoms with Crippen LogP contribution in [0.15, 0.2) is 48.5 Å². The van der Waals surface area contributed by atoms with Gasteiger partial charge < -0.3 is 20.4 Å². The Morgan fingerprint density at radius 1 is 1.13 bits per heavy atom. The first-order valence-corrected chi connectivity index (χ1v) is 10.7. The molecule has 0 radical (unpaired) electrons. The molecule has 2 aliphatic heterocycles. The number of nitrogens with zero attached hydrogens (tertiary/aromatic N) is 2. The van der Waals surface area contributed by atoms with Crippen molar-refractivity contribution in [1.82, 2.24) is 10.2 Å². The maximum absolute atomic E-state index is 13.3. The molecule has 2 aliphatic rings. The second-order valence-electron chi connectivity index (χ2n) is 8.05. The van der Waals surface area contributed by atoms with Crippen molar-refractivity contribution >= 4 is 40.5 Å². The van der Waals surface area contributed by atoms with E-state index in [2.05, 4.69) is 10.6 Å². The quantitative estimate of drug-likeness (QED) is 0.738. The fraction of sp³-hybridized carbons (Fsp3) is 0.348. The lowest BCUT2D eigenvalue weighted by molar-refractivity contribution is -0.122. The van der Waals surface area contributed by atoms with E-state index >= 15 is 0 Å². The van der Waals surface area contributed by atoms with Crippen molar-refractivity contribution in [2.24, 2.45) is 0 Å². The second kappa shape index (κ2) is 8.44. The third-order valence-electron chi connectivity index (χ3n) is 5.46. The van der Waals surface area contributed by atoms with Gasteiger partial charge in [-0.3, -0.25) is 9.59 Å². The van der Waals surface area contributed by atoms with Crippen LogP contribution in [0.3, 0.4) is 0 Å². The lowest BCUT2D eigenvalue weighted by Gasteiger charge is -2.26. The molecule has 2 aromatic carbocycles.